The third kappa shape index (κ3) is 3.96. The van der Waals surface area contributed by atoms with Gasteiger partial charge in [-0.2, -0.15) is 9.40 Å². The largest absolute Gasteiger partial charge is 0.335 e. The molecule has 2 aromatic carbocycles. The van der Waals surface area contributed by atoms with Crippen molar-refractivity contribution in [3.05, 3.63) is 77.6 Å². The van der Waals surface area contributed by atoms with Crippen LogP contribution in [0.1, 0.15) is 16.2 Å². The molecule has 0 N–H and O–H groups in total. The lowest BCUT2D eigenvalue weighted by Crippen LogP contribution is -2.50. The standard InChI is InChI=1S/C21H20F2N4O3S/c1-15-14-19(24-27(15)16-6-3-2-4-7-16)21(28)25-10-12-26(13-11-25)31(29,30)20-17(22)8-5-9-18(20)23/h2-9,14H,10-13H2,1H3. The zero-order valence-corrected chi connectivity index (χ0v) is 17.5. The number of rotatable bonds is 4. The number of carbonyl (C=O) groups is 1. The summed E-state index contributed by atoms with van der Waals surface area (Å²) in [7, 11) is -4.35. The summed E-state index contributed by atoms with van der Waals surface area (Å²) in [5.41, 5.74) is 1.85. The fourth-order valence-electron chi connectivity index (χ4n) is 3.56. The monoisotopic (exact) mass is 446 g/mol. The maximum Gasteiger partial charge on any atom is 0.274 e. The van der Waals surface area contributed by atoms with E-state index in [1.165, 1.54) is 4.90 Å². The quantitative estimate of drug-likeness (QED) is 0.618. The first-order valence-corrected chi connectivity index (χ1v) is 11.1. The van der Waals surface area contributed by atoms with Crippen molar-refractivity contribution in [2.45, 2.75) is 11.8 Å². The van der Waals surface area contributed by atoms with Crippen LogP contribution < -0.4 is 0 Å². The number of aromatic nitrogens is 2. The van der Waals surface area contributed by atoms with Crippen LogP contribution in [-0.4, -0.2) is 59.5 Å². The van der Waals surface area contributed by atoms with Gasteiger partial charge < -0.3 is 4.90 Å². The van der Waals surface area contributed by atoms with E-state index in [0.29, 0.717) is 0 Å². The molecular weight excluding hydrogens is 426 g/mol. The van der Waals surface area contributed by atoms with Gasteiger partial charge >= 0.3 is 0 Å². The van der Waals surface area contributed by atoms with Crippen molar-refractivity contribution in [3.63, 3.8) is 0 Å². The van der Waals surface area contributed by atoms with E-state index < -0.39 is 26.6 Å². The van der Waals surface area contributed by atoms with E-state index in [0.717, 1.165) is 33.9 Å². The van der Waals surface area contributed by atoms with E-state index in [2.05, 4.69) is 5.10 Å². The molecule has 4 rings (SSSR count). The molecule has 1 fully saturated rings. The number of carbonyl (C=O) groups excluding carboxylic acids is 1. The highest BCUT2D eigenvalue weighted by molar-refractivity contribution is 7.89. The van der Waals surface area contributed by atoms with E-state index in [9.17, 15) is 22.0 Å². The number of halogens is 2. The van der Waals surface area contributed by atoms with Crippen LogP contribution in [0, 0.1) is 18.6 Å². The number of amides is 1. The number of aryl methyl sites for hydroxylation is 1. The smallest absolute Gasteiger partial charge is 0.274 e. The van der Waals surface area contributed by atoms with Crippen molar-refractivity contribution < 1.29 is 22.0 Å². The summed E-state index contributed by atoms with van der Waals surface area (Å²) in [5, 5.41) is 4.39. The molecule has 0 bridgehead atoms. The molecule has 1 aliphatic rings. The van der Waals surface area contributed by atoms with Crippen molar-refractivity contribution >= 4 is 15.9 Å². The molecule has 0 saturated carbocycles. The Balaban J connectivity index is 1.49. The first kappa shape index (κ1) is 21.1. The molecule has 31 heavy (non-hydrogen) atoms. The maximum atomic E-state index is 14.0. The lowest BCUT2D eigenvalue weighted by Gasteiger charge is -2.33. The van der Waals surface area contributed by atoms with Crippen LogP contribution in [0.4, 0.5) is 8.78 Å². The molecule has 1 amide bonds. The Kier molecular flexibility index (Phi) is 5.59. The van der Waals surface area contributed by atoms with Gasteiger partial charge in [-0.05, 0) is 37.3 Å². The molecule has 1 aliphatic heterocycles. The summed E-state index contributed by atoms with van der Waals surface area (Å²) in [5.74, 6) is -2.60. The summed E-state index contributed by atoms with van der Waals surface area (Å²) in [4.78, 5) is 13.4. The van der Waals surface area contributed by atoms with Gasteiger partial charge in [-0.15, -0.1) is 0 Å². The molecule has 0 atom stereocenters. The Labute approximate surface area is 178 Å². The fraction of sp³-hybridized carbons (Fsp3) is 0.238. The van der Waals surface area contributed by atoms with Crippen LogP contribution in [0.25, 0.3) is 5.69 Å². The molecule has 1 aromatic heterocycles. The second-order valence-electron chi connectivity index (χ2n) is 7.17. The van der Waals surface area contributed by atoms with E-state index >= 15 is 0 Å². The van der Waals surface area contributed by atoms with Crippen LogP contribution in [0.15, 0.2) is 59.5 Å². The van der Waals surface area contributed by atoms with Gasteiger partial charge in [-0.3, -0.25) is 4.79 Å². The van der Waals surface area contributed by atoms with E-state index in [4.69, 9.17) is 0 Å². The normalized spacial score (nSPS) is 15.3. The Hall–Kier alpha value is -3.11. The summed E-state index contributed by atoms with van der Waals surface area (Å²) in [6.45, 7) is 1.88. The first-order valence-electron chi connectivity index (χ1n) is 9.64. The van der Waals surface area contributed by atoms with Crippen LogP contribution in [-0.2, 0) is 10.0 Å². The Morgan fingerprint density at radius 1 is 0.935 bits per heavy atom. The summed E-state index contributed by atoms with van der Waals surface area (Å²) in [6, 6.07) is 14.0. The zero-order valence-electron chi connectivity index (χ0n) is 16.7. The maximum absolute atomic E-state index is 14.0. The number of benzene rings is 2. The molecule has 1 saturated heterocycles. The van der Waals surface area contributed by atoms with Crippen molar-refractivity contribution in [2.24, 2.45) is 0 Å². The number of piperazine rings is 1. The van der Waals surface area contributed by atoms with Gasteiger partial charge in [-0.1, -0.05) is 24.3 Å². The highest BCUT2D eigenvalue weighted by atomic mass is 32.2. The van der Waals surface area contributed by atoms with Crippen LogP contribution >= 0.6 is 0 Å². The first-order chi connectivity index (χ1) is 14.8. The second-order valence-corrected chi connectivity index (χ2v) is 9.04. The molecule has 10 heteroatoms. The van der Waals surface area contributed by atoms with Gasteiger partial charge in [0.2, 0.25) is 10.0 Å². The zero-order chi connectivity index (χ0) is 22.2. The Bertz CT molecular complexity index is 1200. The minimum Gasteiger partial charge on any atom is -0.335 e. The van der Waals surface area contributed by atoms with Gasteiger partial charge in [-0.25, -0.2) is 21.9 Å². The average molecular weight is 446 g/mol. The van der Waals surface area contributed by atoms with Gasteiger partial charge in [0.15, 0.2) is 10.6 Å². The SMILES string of the molecule is Cc1cc(C(=O)N2CCN(S(=O)(=O)c3c(F)cccc3F)CC2)nn1-c1ccccc1. The van der Waals surface area contributed by atoms with Gasteiger partial charge in [0.1, 0.15) is 11.6 Å². The van der Waals surface area contributed by atoms with E-state index in [1.54, 1.807) is 10.7 Å². The van der Waals surface area contributed by atoms with Crippen molar-refractivity contribution in [1.82, 2.24) is 19.0 Å². The number of para-hydroxylation sites is 1. The summed E-state index contributed by atoms with van der Waals surface area (Å²) in [6.07, 6.45) is 0. The highest BCUT2D eigenvalue weighted by Crippen LogP contribution is 2.24. The molecule has 0 radical (unpaired) electrons. The molecule has 2 heterocycles. The lowest BCUT2D eigenvalue weighted by atomic mass is 10.3. The van der Waals surface area contributed by atoms with Crippen molar-refractivity contribution in [1.29, 1.82) is 0 Å². The third-order valence-corrected chi connectivity index (χ3v) is 7.10. The highest BCUT2D eigenvalue weighted by Gasteiger charge is 2.34. The minimum absolute atomic E-state index is 0.0692. The Morgan fingerprint density at radius 2 is 1.55 bits per heavy atom. The van der Waals surface area contributed by atoms with Crippen molar-refractivity contribution in [2.75, 3.05) is 26.2 Å². The van der Waals surface area contributed by atoms with Crippen LogP contribution in [0.5, 0.6) is 0 Å². The summed E-state index contributed by atoms with van der Waals surface area (Å²) < 4.78 is 56.0. The molecule has 7 nitrogen and oxygen atoms in total. The molecule has 0 spiro atoms. The van der Waals surface area contributed by atoms with Gasteiger partial charge in [0, 0.05) is 31.9 Å². The van der Waals surface area contributed by atoms with Crippen LogP contribution in [0.2, 0.25) is 0 Å². The number of nitrogens with zero attached hydrogens (tertiary/aromatic N) is 4. The molecule has 0 aliphatic carbocycles. The van der Waals surface area contributed by atoms with Gasteiger partial charge in [0.25, 0.3) is 5.91 Å². The predicted octanol–water partition coefficient (Wildman–Crippen LogP) is 2.61. The topological polar surface area (TPSA) is 75.5 Å². The van der Waals surface area contributed by atoms with Crippen LogP contribution in [0.3, 0.4) is 0 Å². The summed E-state index contributed by atoms with van der Waals surface area (Å²) >= 11 is 0. The third-order valence-electron chi connectivity index (χ3n) is 5.15. The predicted molar refractivity (Wildman–Crippen MR) is 109 cm³/mol. The molecule has 162 valence electrons. The van der Waals surface area contributed by atoms with Crippen molar-refractivity contribution in [3.8, 4) is 5.69 Å². The molecule has 3 aromatic rings. The number of hydrogen-bond acceptors (Lipinski definition) is 4. The number of hydrogen-bond donors (Lipinski definition) is 0. The van der Waals surface area contributed by atoms with Gasteiger partial charge in [0.05, 0.1) is 5.69 Å². The second kappa shape index (κ2) is 8.20. The Morgan fingerprint density at radius 3 is 2.16 bits per heavy atom. The number of sulfonamides is 1. The molecular formula is C21H20F2N4O3S. The van der Waals surface area contributed by atoms with E-state index in [1.807, 2.05) is 37.3 Å². The molecule has 0 unspecified atom stereocenters. The average Bonchev–Trinajstić information content (AvgIpc) is 3.15. The van der Waals surface area contributed by atoms with E-state index in [-0.39, 0.29) is 37.8 Å². The lowest BCUT2D eigenvalue weighted by molar-refractivity contribution is 0.0691. The minimum atomic E-state index is -4.35. The fourth-order valence-corrected chi connectivity index (χ4v) is 5.09.